The van der Waals surface area contributed by atoms with E-state index in [4.69, 9.17) is 5.11 Å². The van der Waals surface area contributed by atoms with Gasteiger partial charge in [0.05, 0.1) is 11.4 Å². The van der Waals surface area contributed by atoms with E-state index in [1.807, 2.05) is 43.3 Å². The monoisotopic (exact) mass is 494 g/mol. The van der Waals surface area contributed by atoms with Crippen LogP contribution in [0.4, 0.5) is 11.4 Å². The Kier molecular flexibility index (Phi) is 8.18. The van der Waals surface area contributed by atoms with E-state index in [0.29, 0.717) is 23.1 Å². The Balaban J connectivity index is 0.00000320. The van der Waals surface area contributed by atoms with Gasteiger partial charge in [-0.1, -0.05) is 106 Å². The standard InChI is InChI=1S/C33H32N2O.Na/c1-20(2)25-15-10-16-26(21(3)4)32(25)35-34-30-18-22(5)17-29(33(30)36)31-27-13-8-6-11-23(27)19-24-12-7-9-14-28(24)31;/h6-21,36H,1-5H3;/q;+1/p-1. The van der Waals surface area contributed by atoms with Crippen LogP contribution in [0.25, 0.3) is 32.7 Å². The maximum absolute atomic E-state index is 13.9. The van der Waals surface area contributed by atoms with Gasteiger partial charge in [-0.05, 0) is 80.3 Å². The van der Waals surface area contributed by atoms with Crippen LogP contribution < -0.4 is 34.7 Å². The van der Waals surface area contributed by atoms with Gasteiger partial charge >= 0.3 is 29.6 Å². The molecule has 0 spiro atoms. The summed E-state index contributed by atoms with van der Waals surface area (Å²) in [6, 6.07) is 28.8. The summed E-state index contributed by atoms with van der Waals surface area (Å²) in [5, 5.41) is 27.6. The summed E-state index contributed by atoms with van der Waals surface area (Å²) in [5.74, 6) is 0.512. The van der Waals surface area contributed by atoms with Gasteiger partial charge in [0, 0.05) is 0 Å². The molecule has 0 fully saturated rings. The summed E-state index contributed by atoms with van der Waals surface area (Å²) in [6.07, 6.45) is 0. The molecule has 0 saturated carbocycles. The number of rotatable bonds is 5. The fourth-order valence-electron chi connectivity index (χ4n) is 5.05. The third-order valence-electron chi connectivity index (χ3n) is 6.85. The second kappa shape index (κ2) is 11.2. The van der Waals surface area contributed by atoms with Crippen LogP contribution in [0.15, 0.2) is 95.2 Å². The molecule has 0 aliphatic heterocycles. The summed E-state index contributed by atoms with van der Waals surface area (Å²) in [7, 11) is 0. The molecular weight excluding hydrogens is 463 g/mol. The van der Waals surface area contributed by atoms with Crippen LogP contribution >= 0.6 is 0 Å². The molecule has 0 amide bonds. The molecule has 5 aromatic carbocycles. The molecule has 0 N–H and O–H groups in total. The molecule has 0 atom stereocenters. The SMILES string of the molecule is Cc1cc(N=Nc2c(C(C)C)cccc2C(C)C)c([O-])c(-c2c3ccccc3cc3ccccc23)c1.[Na+]. The molecule has 37 heavy (non-hydrogen) atoms. The van der Waals surface area contributed by atoms with Crippen LogP contribution in [-0.2, 0) is 0 Å². The Morgan fingerprint density at radius 3 is 1.73 bits per heavy atom. The van der Waals surface area contributed by atoms with Crippen molar-refractivity contribution >= 4 is 32.9 Å². The number of benzene rings is 5. The molecule has 0 radical (unpaired) electrons. The predicted molar refractivity (Wildman–Crippen MR) is 150 cm³/mol. The van der Waals surface area contributed by atoms with Crippen molar-refractivity contribution in [2.24, 2.45) is 10.2 Å². The molecule has 0 bridgehead atoms. The molecule has 5 rings (SSSR count). The third kappa shape index (κ3) is 5.22. The Morgan fingerprint density at radius 2 is 1.19 bits per heavy atom. The maximum Gasteiger partial charge on any atom is 1.00 e. The van der Waals surface area contributed by atoms with Crippen molar-refractivity contribution in [3.05, 3.63) is 102 Å². The normalized spacial score (nSPS) is 11.6. The first-order chi connectivity index (χ1) is 17.3. The molecule has 0 aliphatic carbocycles. The minimum absolute atomic E-state index is 0. The second-order valence-corrected chi connectivity index (χ2v) is 10.1. The van der Waals surface area contributed by atoms with E-state index in [9.17, 15) is 5.11 Å². The van der Waals surface area contributed by atoms with Crippen molar-refractivity contribution in [3.8, 4) is 16.9 Å². The molecule has 0 heterocycles. The largest absolute Gasteiger partial charge is 1.00 e. The molecular formula is C33H31N2NaO. The number of hydrogen-bond acceptors (Lipinski definition) is 3. The van der Waals surface area contributed by atoms with E-state index in [2.05, 4.69) is 81.3 Å². The smallest absolute Gasteiger partial charge is 0.871 e. The third-order valence-corrected chi connectivity index (χ3v) is 6.85. The first-order valence-corrected chi connectivity index (χ1v) is 12.6. The number of nitrogens with zero attached hydrogens (tertiary/aromatic N) is 2. The molecule has 0 saturated heterocycles. The van der Waals surface area contributed by atoms with Crippen LogP contribution in [-0.4, -0.2) is 0 Å². The summed E-state index contributed by atoms with van der Waals surface area (Å²) in [4.78, 5) is 0. The number of fused-ring (bicyclic) bond motifs is 2. The van der Waals surface area contributed by atoms with Gasteiger partial charge in [0.1, 0.15) is 0 Å². The molecule has 0 aliphatic rings. The Labute approximate surface area is 241 Å². The fraction of sp³-hybridized carbons (Fsp3) is 0.212. The van der Waals surface area contributed by atoms with Gasteiger partial charge in [0.15, 0.2) is 0 Å². The van der Waals surface area contributed by atoms with Gasteiger partial charge < -0.3 is 5.11 Å². The average molecular weight is 495 g/mol. The van der Waals surface area contributed by atoms with Crippen LogP contribution in [0.3, 0.4) is 0 Å². The van der Waals surface area contributed by atoms with E-state index >= 15 is 0 Å². The van der Waals surface area contributed by atoms with Crippen molar-refractivity contribution in [3.63, 3.8) is 0 Å². The van der Waals surface area contributed by atoms with Gasteiger partial charge in [0.25, 0.3) is 0 Å². The Morgan fingerprint density at radius 1 is 0.649 bits per heavy atom. The fourth-order valence-corrected chi connectivity index (χ4v) is 5.05. The van der Waals surface area contributed by atoms with Crippen molar-refractivity contribution < 1.29 is 34.7 Å². The minimum atomic E-state index is -0.0982. The Bertz CT molecular complexity index is 1540. The quantitative estimate of drug-likeness (QED) is 0.152. The number of hydrogen-bond donors (Lipinski definition) is 0. The summed E-state index contributed by atoms with van der Waals surface area (Å²) in [5.41, 5.74) is 6.14. The zero-order chi connectivity index (χ0) is 25.4. The average Bonchev–Trinajstić information content (AvgIpc) is 2.87. The van der Waals surface area contributed by atoms with Crippen LogP contribution in [0.2, 0.25) is 0 Å². The topological polar surface area (TPSA) is 47.8 Å². The van der Waals surface area contributed by atoms with E-state index in [1.54, 1.807) is 0 Å². The minimum Gasteiger partial charge on any atom is -0.871 e. The number of aryl methyl sites for hydroxylation is 1. The van der Waals surface area contributed by atoms with Crippen LogP contribution in [0.5, 0.6) is 5.75 Å². The predicted octanol–water partition coefficient (Wildman–Crippen LogP) is 6.71. The first kappa shape index (κ1) is 27.1. The van der Waals surface area contributed by atoms with E-state index in [-0.39, 0.29) is 35.3 Å². The van der Waals surface area contributed by atoms with E-state index < -0.39 is 0 Å². The van der Waals surface area contributed by atoms with Gasteiger partial charge in [0.2, 0.25) is 0 Å². The zero-order valence-corrected chi connectivity index (χ0v) is 24.5. The van der Waals surface area contributed by atoms with Crippen molar-refractivity contribution in [2.45, 2.75) is 46.5 Å². The molecule has 4 heteroatoms. The maximum atomic E-state index is 13.9. The first-order valence-electron chi connectivity index (χ1n) is 12.6. The summed E-state index contributed by atoms with van der Waals surface area (Å²) in [6.45, 7) is 10.7. The van der Waals surface area contributed by atoms with E-state index in [0.717, 1.165) is 49.5 Å². The molecule has 180 valence electrons. The van der Waals surface area contributed by atoms with Crippen LogP contribution in [0, 0.1) is 6.92 Å². The van der Waals surface area contributed by atoms with Gasteiger partial charge in [-0.3, -0.25) is 0 Å². The van der Waals surface area contributed by atoms with Crippen molar-refractivity contribution in [1.29, 1.82) is 0 Å². The molecule has 0 aromatic heterocycles. The van der Waals surface area contributed by atoms with Crippen LogP contribution in [0.1, 0.15) is 56.2 Å². The molecule has 0 unspecified atom stereocenters. The van der Waals surface area contributed by atoms with Crippen molar-refractivity contribution in [1.82, 2.24) is 0 Å². The number of azo groups is 1. The molecule has 5 aromatic rings. The van der Waals surface area contributed by atoms with Gasteiger partial charge in [-0.2, -0.15) is 5.11 Å². The Hall–Kier alpha value is -2.98. The summed E-state index contributed by atoms with van der Waals surface area (Å²) >= 11 is 0. The van der Waals surface area contributed by atoms with E-state index in [1.165, 1.54) is 0 Å². The van der Waals surface area contributed by atoms with Crippen molar-refractivity contribution in [2.75, 3.05) is 0 Å². The molecule has 3 nitrogen and oxygen atoms in total. The van der Waals surface area contributed by atoms with Gasteiger partial charge in [-0.25, -0.2) is 0 Å². The second-order valence-electron chi connectivity index (χ2n) is 10.1. The summed E-state index contributed by atoms with van der Waals surface area (Å²) < 4.78 is 0. The van der Waals surface area contributed by atoms with Gasteiger partial charge in [-0.15, -0.1) is 5.11 Å². The zero-order valence-electron chi connectivity index (χ0n) is 22.5.